The Morgan fingerprint density at radius 3 is 2.90 bits per heavy atom. The van der Waals surface area contributed by atoms with Crippen LogP contribution in [0.4, 0.5) is 5.82 Å². The van der Waals surface area contributed by atoms with Crippen LogP contribution in [0.15, 0.2) is 6.07 Å². The molecule has 0 atom stereocenters. The first-order valence-corrected chi connectivity index (χ1v) is 6.61. The number of ether oxygens (including phenoxy) is 1. The largest absolute Gasteiger partial charge is 0.488 e. The van der Waals surface area contributed by atoms with Crippen LogP contribution in [0.25, 0.3) is 0 Å². The number of nitrogens with zero attached hydrogens (tertiary/aromatic N) is 1. The monoisotopic (exact) mass is 279 g/mol. The fourth-order valence-corrected chi connectivity index (χ4v) is 1.94. The van der Waals surface area contributed by atoms with Crippen LogP contribution < -0.4 is 14.8 Å². The molecular weight excluding hydrogens is 260 g/mol. The zero-order chi connectivity index (χ0) is 14.9. The third kappa shape index (κ3) is 2.33. The fourth-order valence-electron chi connectivity index (χ4n) is 1.94. The Kier molecular flexibility index (Phi) is 3.65. The van der Waals surface area contributed by atoms with Crippen molar-refractivity contribution in [1.82, 2.24) is 0 Å². The highest BCUT2D eigenvalue weighted by molar-refractivity contribution is 5.94. The van der Waals surface area contributed by atoms with Gasteiger partial charge in [-0.05, 0) is 25.0 Å². The summed E-state index contributed by atoms with van der Waals surface area (Å²) in [4.78, 5) is 23.2. The summed E-state index contributed by atoms with van der Waals surface area (Å²) in [6.45, 7) is 5.97. The van der Waals surface area contributed by atoms with E-state index in [0.717, 1.165) is 4.73 Å². The number of aldehydes is 1. The number of anilines is 1. The Morgan fingerprint density at radius 2 is 2.30 bits per heavy atom. The first-order chi connectivity index (χ1) is 9.40. The van der Waals surface area contributed by atoms with E-state index in [1.807, 2.05) is 20.8 Å². The molecule has 0 saturated heterocycles. The van der Waals surface area contributed by atoms with Crippen molar-refractivity contribution in [1.29, 1.82) is 0 Å². The number of carbonyl (C=O) groups excluding carboxylic acids is 2. The van der Waals surface area contributed by atoms with Crippen molar-refractivity contribution < 1.29 is 24.3 Å². The van der Waals surface area contributed by atoms with Crippen molar-refractivity contribution in [2.45, 2.75) is 33.6 Å². The maximum Gasteiger partial charge on any atom is 0.322 e. The zero-order valence-electron chi connectivity index (χ0n) is 11.9. The smallest absolute Gasteiger partial charge is 0.322 e. The highest BCUT2D eigenvalue weighted by Crippen LogP contribution is 2.28. The fraction of sp³-hybridized carbons (Fsp3) is 0.500. The molecule has 0 bridgehead atoms. The molecule has 108 valence electrons. The van der Waals surface area contributed by atoms with Crippen LogP contribution >= 0.6 is 0 Å². The average Bonchev–Trinajstić information content (AvgIpc) is 2.91. The number of hydrogen-bond donors (Lipinski definition) is 2. The standard InChI is InChI=1S/C14H18N2O4/c1-4-14(2,3)13(18)15-11-7-9(8-17)12-10(16(11)19)5-6-20-12/h7-8,19H,4-6H2,1-3H3/p+1. The van der Waals surface area contributed by atoms with Gasteiger partial charge in [0.2, 0.25) is 0 Å². The molecule has 2 heterocycles. The lowest BCUT2D eigenvalue weighted by atomic mass is 9.89. The lowest BCUT2D eigenvalue weighted by Gasteiger charge is -2.17. The normalized spacial score (nSPS) is 13.6. The number of fused-ring (bicyclic) bond motifs is 1. The van der Waals surface area contributed by atoms with E-state index in [1.54, 1.807) is 0 Å². The Hall–Kier alpha value is -2.11. The van der Waals surface area contributed by atoms with Gasteiger partial charge in [-0.15, -0.1) is 0 Å². The van der Waals surface area contributed by atoms with Crippen LogP contribution in [0.3, 0.4) is 0 Å². The summed E-state index contributed by atoms with van der Waals surface area (Å²) >= 11 is 0. The van der Waals surface area contributed by atoms with Gasteiger partial charge in [0.25, 0.3) is 0 Å². The van der Waals surface area contributed by atoms with Crippen molar-refractivity contribution in [3.8, 4) is 5.75 Å². The van der Waals surface area contributed by atoms with E-state index in [-0.39, 0.29) is 11.7 Å². The minimum absolute atomic E-state index is 0.183. The molecule has 0 spiro atoms. The van der Waals surface area contributed by atoms with Gasteiger partial charge < -0.3 is 9.94 Å². The Labute approximate surface area is 117 Å². The molecule has 1 aromatic heterocycles. The van der Waals surface area contributed by atoms with Crippen LogP contribution in [-0.4, -0.2) is 24.0 Å². The SMILES string of the molecule is CCC(C)(C)C(=O)Nc1cc(C=O)c2c([n+]1O)CCO2. The van der Waals surface area contributed by atoms with Crippen LogP contribution in [0.2, 0.25) is 0 Å². The minimum atomic E-state index is -0.552. The lowest BCUT2D eigenvalue weighted by molar-refractivity contribution is -0.897. The zero-order valence-corrected chi connectivity index (χ0v) is 11.9. The second-order valence-electron chi connectivity index (χ2n) is 5.48. The summed E-state index contributed by atoms with van der Waals surface area (Å²) in [5, 5.41) is 12.8. The third-order valence-electron chi connectivity index (χ3n) is 3.75. The summed E-state index contributed by atoms with van der Waals surface area (Å²) in [6.07, 6.45) is 1.82. The first kappa shape index (κ1) is 14.3. The molecule has 0 aliphatic carbocycles. The van der Waals surface area contributed by atoms with Gasteiger partial charge >= 0.3 is 11.7 Å². The van der Waals surface area contributed by atoms with Crippen molar-refractivity contribution in [3.05, 3.63) is 17.3 Å². The van der Waals surface area contributed by atoms with E-state index >= 15 is 0 Å². The van der Waals surface area contributed by atoms with Crippen molar-refractivity contribution in [2.75, 3.05) is 11.9 Å². The van der Waals surface area contributed by atoms with Crippen molar-refractivity contribution >= 4 is 18.0 Å². The van der Waals surface area contributed by atoms with Gasteiger partial charge in [-0.25, -0.2) is 10.1 Å². The molecular formula is C14H19N2O4+. The number of carbonyl (C=O) groups is 2. The predicted octanol–water partition coefficient (Wildman–Crippen LogP) is 1.33. The highest BCUT2D eigenvalue weighted by Gasteiger charge is 2.34. The molecule has 0 radical (unpaired) electrons. The second kappa shape index (κ2) is 5.11. The number of pyridine rings is 1. The van der Waals surface area contributed by atoms with E-state index in [9.17, 15) is 14.8 Å². The number of aromatic nitrogens is 1. The van der Waals surface area contributed by atoms with Gasteiger partial charge in [0.15, 0.2) is 17.7 Å². The maximum atomic E-state index is 12.2. The van der Waals surface area contributed by atoms with Gasteiger partial charge in [0, 0.05) is 6.07 Å². The summed E-state index contributed by atoms with van der Waals surface area (Å²) in [5.41, 5.74) is 0.274. The van der Waals surface area contributed by atoms with Crippen molar-refractivity contribution in [3.63, 3.8) is 0 Å². The highest BCUT2D eigenvalue weighted by atomic mass is 16.5. The average molecular weight is 279 g/mol. The molecule has 0 fully saturated rings. The summed E-state index contributed by atoms with van der Waals surface area (Å²) in [7, 11) is 0. The summed E-state index contributed by atoms with van der Waals surface area (Å²) < 4.78 is 6.21. The molecule has 1 aliphatic heterocycles. The second-order valence-corrected chi connectivity index (χ2v) is 5.48. The quantitative estimate of drug-likeness (QED) is 0.495. The van der Waals surface area contributed by atoms with Crippen LogP contribution in [0.5, 0.6) is 5.75 Å². The Balaban J connectivity index is 2.39. The number of hydrogen-bond acceptors (Lipinski definition) is 4. The van der Waals surface area contributed by atoms with E-state index in [0.29, 0.717) is 42.7 Å². The topological polar surface area (TPSA) is 79.5 Å². The molecule has 6 nitrogen and oxygen atoms in total. The molecule has 1 aromatic rings. The molecule has 6 heteroatoms. The number of amides is 1. The molecule has 20 heavy (non-hydrogen) atoms. The minimum Gasteiger partial charge on any atom is -0.488 e. The van der Waals surface area contributed by atoms with Gasteiger partial charge in [0.1, 0.15) is 0 Å². The first-order valence-electron chi connectivity index (χ1n) is 6.61. The lowest BCUT2D eigenvalue weighted by Crippen LogP contribution is -2.42. The van der Waals surface area contributed by atoms with Gasteiger partial charge in [0.05, 0.1) is 24.0 Å². The van der Waals surface area contributed by atoms with E-state index in [4.69, 9.17) is 4.74 Å². The van der Waals surface area contributed by atoms with Gasteiger partial charge in [-0.2, -0.15) is 0 Å². The van der Waals surface area contributed by atoms with Crippen LogP contribution in [0.1, 0.15) is 43.2 Å². The Morgan fingerprint density at radius 1 is 1.60 bits per heavy atom. The Bertz CT molecular complexity index is 567. The summed E-state index contributed by atoms with van der Waals surface area (Å²) in [5.74, 6) is 0.358. The molecule has 2 rings (SSSR count). The summed E-state index contributed by atoms with van der Waals surface area (Å²) in [6, 6.07) is 1.42. The van der Waals surface area contributed by atoms with E-state index in [2.05, 4.69) is 5.32 Å². The maximum absolute atomic E-state index is 12.2. The molecule has 1 aliphatic rings. The van der Waals surface area contributed by atoms with E-state index in [1.165, 1.54) is 6.07 Å². The molecule has 0 aromatic carbocycles. The number of nitrogens with one attached hydrogen (secondary N) is 1. The van der Waals surface area contributed by atoms with Gasteiger partial charge in [-0.1, -0.05) is 6.92 Å². The van der Waals surface area contributed by atoms with Crippen LogP contribution in [0, 0.1) is 5.41 Å². The number of rotatable bonds is 4. The van der Waals surface area contributed by atoms with E-state index < -0.39 is 5.41 Å². The van der Waals surface area contributed by atoms with Crippen molar-refractivity contribution in [2.24, 2.45) is 5.41 Å². The third-order valence-corrected chi connectivity index (χ3v) is 3.75. The molecule has 0 saturated carbocycles. The van der Waals surface area contributed by atoms with Gasteiger partial charge in [-0.3, -0.25) is 4.79 Å². The molecule has 2 N–H and O–H groups in total. The van der Waals surface area contributed by atoms with Crippen LogP contribution in [-0.2, 0) is 11.2 Å². The molecule has 1 amide bonds. The predicted molar refractivity (Wildman–Crippen MR) is 71.1 cm³/mol. The molecule has 0 unspecified atom stereocenters.